The minimum absolute atomic E-state index is 0.474. The molecule has 2 rings (SSSR count). The molecule has 0 spiro atoms. The van der Waals surface area contributed by atoms with Crippen molar-refractivity contribution in [1.82, 2.24) is 9.97 Å². The van der Waals surface area contributed by atoms with Gasteiger partial charge in [0.15, 0.2) is 0 Å². The van der Waals surface area contributed by atoms with Crippen molar-refractivity contribution >= 4 is 5.82 Å². The van der Waals surface area contributed by atoms with E-state index in [0.29, 0.717) is 11.8 Å². The van der Waals surface area contributed by atoms with Gasteiger partial charge in [0.25, 0.3) is 0 Å². The zero-order chi connectivity index (χ0) is 15.2. The molecule has 0 saturated carbocycles. The Hall–Kier alpha value is -2.10. The second-order valence-electron chi connectivity index (χ2n) is 5.22. The molecule has 0 atom stereocenters. The van der Waals surface area contributed by atoms with Crippen LogP contribution >= 0.6 is 0 Å². The lowest BCUT2D eigenvalue weighted by Crippen LogP contribution is -2.05. The Labute approximate surface area is 126 Å². The van der Waals surface area contributed by atoms with Crippen LogP contribution in [0.1, 0.15) is 44.7 Å². The van der Waals surface area contributed by atoms with Gasteiger partial charge in [-0.3, -0.25) is 0 Å². The van der Waals surface area contributed by atoms with Crippen LogP contribution in [-0.4, -0.2) is 16.5 Å². The minimum atomic E-state index is 0.474. The fourth-order valence-corrected chi connectivity index (χ4v) is 2.17. The number of rotatable bonds is 6. The average molecular weight is 285 g/mol. The highest BCUT2D eigenvalue weighted by molar-refractivity contribution is 5.49. The maximum Gasteiger partial charge on any atom is 0.227 e. The lowest BCUT2D eigenvalue weighted by molar-refractivity contribution is 0.454. The fourth-order valence-electron chi connectivity index (χ4n) is 2.17. The first-order valence-electron chi connectivity index (χ1n) is 7.51. The predicted molar refractivity (Wildman–Crippen MR) is 86.2 cm³/mol. The third-order valence-corrected chi connectivity index (χ3v) is 3.34. The van der Waals surface area contributed by atoms with Crippen molar-refractivity contribution in [3.05, 3.63) is 41.7 Å². The summed E-state index contributed by atoms with van der Waals surface area (Å²) >= 11 is 0. The second-order valence-corrected chi connectivity index (χ2v) is 5.22. The number of benzene rings is 1. The highest BCUT2D eigenvalue weighted by Crippen LogP contribution is 2.29. The van der Waals surface area contributed by atoms with E-state index in [9.17, 15) is 0 Å². The van der Waals surface area contributed by atoms with E-state index in [2.05, 4.69) is 48.2 Å². The van der Waals surface area contributed by atoms with Gasteiger partial charge in [-0.15, -0.1) is 0 Å². The van der Waals surface area contributed by atoms with E-state index < -0.39 is 0 Å². The first kappa shape index (κ1) is 15.3. The van der Waals surface area contributed by atoms with Gasteiger partial charge in [0.2, 0.25) is 5.88 Å². The summed E-state index contributed by atoms with van der Waals surface area (Å²) in [6.45, 7) is 9.30. The molecule has 0 aliphatic heterocycles. The molecule has 0 unspecified atom stereocenters. The lowest BCUT2D eigenvalue weighted by atomic mass is 10.0. The number of aromatic nitrogens is 2. The summed E-state index contributed by atoms with van der Waals surface area (Å²) in [5.41, 5.74) is 2.26. The SMILES string of the molecule is CCNc1ncnc(Oc2cccc(C(C)C)c2)c1CC. The maximum absolute atomic E-state index is 5.99. The van der Waals surface area contributed by atoms with E-state index in [1.54, 1.807) is 6.33 Å². The molecule has 1 aromatic heterocycles. The molecule has 1 heterocycles. The standard InChI is InChI=1S/C17H23N3O/c1-5-15-16(18-6-2)19-11-20-17(15)21-14-9-7-8-13(10-14)12(3)4/h7-12H,5-6H2,1-4H3,(H,18,19,20). The molecule has 2 aromatic rings. The minimum Gasteiger partial charge on any atom is -0.439 e. The number of nitrogens with zero attached hydrogens (tertiary/aromatic N) is 2. The molecule has 112 valence electrons. The van der Waals surface area contributed by atoms with E-state index in [4.69, 9.17) is 4.74 Å². The Morgan fingerprint density at radius 1 is 1.19 bits per heavy atom. The van der Waals surface area contributed by atoms with Crippen LogP contribution in [-0.2, 0) is 6.42 Å². The first-order valence-corrected chi connectivity index (χ1v) is 7.51. The first-order chi connectivity index (χ1) is 10.2. The molecule has 0 aliphatic rings. The fraction of sp³-hybridized carbons (Fsp3) is 0.412. The van der Waals surface area contributed by atoms with Crippen molar-refractivity contribution in [2.45, 2.75) is 40.0 Å². The number of hydrogen-bond acceptors (Lipinski definition) is 4. The Kier molecular flexibility index (Phi) is 5.14. The quantitative estimate of drug-likeness (QED) is 0.855. The van der Waals surface area contributed by atoms with Crippen molar-refractivity contribution < 1.29 is 4.74 Å². The normalized spacial score (nSPS) is 10.7. The molecular weight excluding hydrogens is 262 g/mol. The summed E-state index contributed by atoms with van der Waals surface area (Å²) < 4.78 is 5.99. The van der Waals surface area contributed by atoms with Crippen molar-refractivity contribution in [3.8, 4) is 11.6 Å². The van der Waals surface area contributed by atoms with Crippen molar-refractivity contribution in [2.75, 3.05) is 11.9 Å². The topological polar surface area (TPSA) is 47.0 Å². The molecule has 0 aliphatic carbocycles. The van der Waals surface area contributed by atoms with Crippen LogP contribution in [0.4, 0.5) is 5.82 Å². The molecule has 4 nitrogen and oxygen atoms in total. The molecule has 1 N–H and O–H groups in total. The maximum atomic E-state index is 5.99. The van der Waals surface area contributed by atoms with Gasteiger partial charge in [0.05, 0.1) is 5.56 Å². The highest BCUT2D eigenvalue weighted by atomic mass is 16.5. The zero-order valence-corrected chi connectivity index (χ0v) is 13.2. The summed E-state index contributed by atoms with van der Waals surface area (Å²) in [5.74, 6) is 2.77. The largest absolute Gasteiger partial charge is 0.439 e. The molecule has 0 saturated heterocycles. The average Bonchev–Trinajstić information content (AvgIpc) is 2.48. The molecular formula is C17H23N3O. The molecule has 0 fully saturated rings. The predicted octanol–water partition coefficient (Wildman–Crippen LogP) is 4.39. The van der Waals surface area contributed by atoms with Crippen LogP contribution < -0.4 is 10.1 Å². The Balaban J connectivity index is 2.30. The van der Waals surface area contributed by atoms with E-state index >= 15 is 0 Å². The van der Waals surface area contributed by atoms with Gasteiger partial charge < -0.3 is 10.1 Å². The van der Waals surface area contributed by atoms with Gasteiger partial charge in [0, 0.05) is 6.54 Å². The summed E-state index contributed by atoms with van der Waals surface area (Å²) in [6, 6.07) is 8.16. The molecule has 0 bridgehead atoms. The molecule has 0 radical (unpaired) electrons. The summed E-state index contributed by atoms with van der Waals surface area (Å²) in [5, 5.41) is 3.25. The molecule has 1 aromatic carbocycles. The van der Waals surface area contributed by atoms with Crippen LogP contribution in [0.15, 0.2) is 30.6 Å². The Bertz CT molecular complexity index is 596. The zero-order valence-electron chi connectivity index (χ0n) is 13.2. The van der Waals surface area contributed by atoms with Crippen molar-refractivity contribution in [2.24, 2.45) is 0 Å². The van der Waals surface area contributed by atoms with E-state index in [0.717, 1.165) is 30.1 Å². The van der Waals surface area contributed by atoms with Gasteiger partial charge in [-0.05, 0) is 37.0 Å². The summed E-state index contributed by atoms with van der Waals surface area (Å²) in [6.07, 6.45) is 2.36. The van der Waals surface area contributed by atoms with Crippen LogP contribution in [0.3, 0.4) is 0 Å². The van der Waals surface area contributed by atoms with Crippen LogP contribution in [0.5, 0.6) is 11.6 Å². The monoisotopic (exact) mass is 285 g/mol. The van der Waals surface area contributed by atoms with Gasteiger partial charge in [-0.1, -0.05) is 32.9 Å². The summed E-state index contributed by atoms with van der Waals surface area (Å²) in [4.78, 5) is 8.57. The van der Waals surface area contributed by atoms with E-state index in [1.807, 2.05) is 19.1 Å². The van der Waals surface area contributed by atoms with E-state index in [1.165, 1.54) is 5.56 Å². The van der Waals surface area contributed by atoms with Crippen LogP contribution in [0.25, 0.3) is 0 Å². The van der Waals surface area contributed by atoms with Crippen LogP contribution in [0, 0.1) is 0 Å². The molecule has 0 amide bonds. The van der Waals surface area contributed by atoms with Gasteiger partial charge in [-0.25, -0.2) is 9.97 Å². The summed E-state index contributed by atoms with van der Waals surface area (Å²) in [7, 11) is 0. The molecule has 21 heavy (non-hydrogen) atoms. The van der Waals surface area contributed by atoms with Crippen molar-refractivity contribution in [3.63, 3.8) is 0 Å². The van der Waals surface area contributed by atoms with Crippen molar-refractivity contribution in [1.29, 1.82) is 0 Å². The van der Waals surface area contributed by atoms with Gasteiger partial charge in [-0.2, -0.15) is 0 Å². The smallest absolute Gasteiger partial charge is 0.227 e. The number of anilines is 1. The van der Waals surface area contributed by atoms with Crippen LogP contribution in [0.2, 0.25) is 0 Å². The molecule has 4 heteroatoms. The third kappa shape index (κ3) is 3.72. The Morgan fingerprint density at radius 3 is 2.67 bits per heavy atom. The number of ether oxygens (including phenoxy) is 1. The lowest BCUT2D eigenvalue weighted by Gasteiger charge is -2.14. The van der Waals surface area contributed by atoms with Gasteiger partial charge in [0.1, 0.15) is 17.9 Å². The Morgan fingerprint density at radius 2 is 2.00 bits per heavy atom. The van der Waals surface area contributed by atoms with E-state index in [-0.39, 0.29) is 0 Å². The second kappa shape index (κ2) is 7.07. The number of nitrogens with one attached hydrogen (secondary N) is 1. The third-order valence-electron chi connectivity index (χ3n) is 3.34. The van der Waals surface area contributed by atoms with Gasteiger partial charge >= 0.3 is 0 Å². The highest BCUT2D eigenvalue weighted by Gasteiger charge is 2.12. The number of hydrogen-bond donors (Lipinski definition) is 1.